The number of nitriles is 1. The van der Waals surface area contributed by atoms with E-state index in [0.717, 1.165) is 23.6 Å². The minimum absolute atomic E-state index is 0.0792. The maximum absolute atomic E-state index is 13.9. The van der Waals surface area contributed by atoms with Crippen LogP contribution in [0.5, 0.6) is 0 Å². The molecule has 1 amide bonds. The van der Waals surface area contributed by atoms with Crippen LogP contribution in [0.4, 0.5) is 8.78 Å². The van der Waals surface area contributed by atoms with E-state index in [4.69, 9.17) is 0 Å². The van der Waals surface area contributed by atoms with Crippen LogP contribution >= 0.6 is 0 Å². The summed E-state index contributed by atoms with van der Waals surface area (Å²) in [6.45, 7) is 2.70. The molecule has 2 aromatic carbocycles. The highest BCUT2D eigenvalue weighted by Crippen LogP contribution is 2.44. The summed E-state index contributed by atoms with van der Waals surface area (Å²) in [4.78, 5) is 12.3. The van der Waals surface area contributed by atoms with Gasteiger partial charge < -0.3 is 5.32 Å². The van der Waals surface area contributed by atoms with Crippen LogP contribution in [0, 0.1) is 28.9 Å². The fraction of sp³-hybridized carbons (Fsp3) is 0.273. The van der Waals surface area contributed by atoms with E-state index in [1.807, 2.05) is 6.08 Å². The maximum atomic E-state index is 13.9. The van der Waals surface area contributed by atoms with Crippen LogP contribution in [-0.2, 0) is 4.79 Å². The number of hydrogen-bond acceptors (Lipinski definition) is 2. The van der Waals surface area contributed by atoms with Gasteiger partial charge in [-0.05, 0) is 77.3 Å². The molecule has 2 aliphatic rings. The van der Waals surface area contributed by atoms with Crippen molar-refractivity contribution in [1.29, 1.82) is 5.26 Å². The Morgan fingerprint density at radius 2 is 1.89 bits per heavy atom. The molecule has 1 aliphatic carbocycles. The largest absolute Gasteiger partial charge is 0.352 e. The summed E-state index contributed by atoms with van der Waals surface area (Å²) in [7, 11) is 0. The molecular formula is C22H18F2N2O. The molecule has 1 fully saturated rings. The van der Waals surface area contributed by atoms with Crippen LogP contribution in [0.25, 0.3) is 17.2 Å². The van der Waals surface area contributed by atoms with Crippen molar-refractivity contribution in [3.8, 4) is 17.2 Å². The first-order valence-corrected chi connectivity index (χ1v) is 8.99. The Labute approximate surface area is 156 Å². The van der Waals surface area contributed by atoms with Crippen molar-refractivity contribution in [3.63, 3.8) is 0 Å². The number of carbonyl (C=O) groups is 1. The molecule has 0 saturated carbocycles. The van der Waals surface area contributed by atoms with Gasteiger partial charge in [0.25, 0.3) is 0 Å². The lowest BCUT2D eigenvalue weighted by atomic mass is 9.79. The number of rotatable bonds is 1. The van der Waals surface area contributed by atoms with Gasteiger partial charge in [-0.1, -0.05) is 6.92 Å². The van der Waals surface area contributed by atoms with E-state index in [2.05, 4.69) is 18.3 Å². The molecule has 2 atom stereocenters. The van der Waals surface area contributed by atoms with E-state index in [1.54, 1.807) is 12.1 Å². The summed E-state index contributed by atoms with van der Waals surface area (Å²) >= 11 is 0. The van der Waals surface area contributed by atoms with Crippen LogP contribution in [0.1, 0.15) is 42.4 Å². The van der Waals surface area contributed by atoms with E-state index in [-0.39, 0.29) is 17.7 Å². The molecule has 2 unspecified atom stereocenters. The van der Waals surface area contributed by atoms with Crippen LogP contribution in [0.2, 0.25) is 0 Å². The lowest BCUT2D eigenvalue weighted by molar-refractivity contribution is -0.117. The zero-order valence-electron chi connectivity index (χ0n) is 14.9. The van der Waals surface area contributed by atoms with Gasteiger partial charge in [-0.15, -0.1) is 0 Å². The van der Waals surface area contributed by atoms with Gasteiger partial charge in [-0.3, -0.25) is 4.79 Å². The fourth-order valence-electron chi connectivity index (χ4n) is 4.25. The molecule has 0 radical (unpaired) electrons. The van der Waals surface area contributed by atoms with Crippen LogP contribution in [-0.4, -0.2) is 12.5 Å². The lowest BCUT2D eigenvalue weighted by Gasteiger charge is -2.25. The van der Waals surface area contributed by atoms with Gasteiger partial charge in [0.15, 0.2) is 0 Å². The average molecular weight is 364 g/mol. The smallest absolute Gasteiger partial charge is 0.247 e. The Balaban J connectivity index is 2.01. The van der Waals surface area contributed by atoms with Gasteiger partial charge in [-0.2, -0.15) is 5.26 Å². The van der Waals surface area contributed by atoms with Crippen LogP contribution < -0.4 is 5.32 Å². The molecule has 1 N–H and O–H groups in total. The van der Waals surface area contributed by atoms with Gasteiger partial charge in [0.05, 0.1) is 11.6 Å². The fourth-order valence-corrected chi connectivity index (χ4v) is 4.25. The molecule has 2 aromatic rings. The Bertz CT molecular complexity index is 999. The van der Waals surface area contributed by atoms with Crippen molar-refractivity contribution in [2.24, 2.45) is 5.92 Å². The van der Waals surface area contributed by atoms with E-state index in [0.29, 0.717) is 35.2 Å². The second-order valence-electron chi connectivity index (χ2n) is 7.26. The predicted molar refractivity (Wildman–Crippen MR) is 98.6 cm³/mol. The minimum Gasteiger partial charge on any atom is -0.352 e. The topological polar surface area (TPSA) is 52.9 Å². The normalized spacial score (nSPS) is 21.3. The van der Waals surface area contributed by atoms with Crippen molar-refractivity contribution >= 4 is 12.0 Å². The number of nitrogens with zero attached hydrogens (tertiary/aromatic N) is 1. The molecular weight excluding hydrogens is 346 g/mol. The average Bonchev–Trinajstić information content (AvgIpc) is 2.89. The Hall–Kier alpha value is -3.00. The van der Waals surface area contributed by atoms with Crippen molar-refractivity contribution in [2.45, 2.75) is 25.7 Å². The summed E-state index contributed by atoms with van der Waals surface area (Å²) in [5.41, 5.74) is 3.86. The van der Waals surface area contributed by atoms with Crippen molar-refractivity contribution in [3.05, 3.63) is 64.2 Å². The van der Waals surface area contributed by atoms with E-state index in [9.17, 15) is 18.8 Å². The van der Waals surface area contributed by atoms with E-state index < -0.39 is 11.6 Å². The summed E-state index contributed by atoms with van der Waals surface area (Å²) in [5.74, 6) is -1.08. The predicted octanol–water partition coefficient (Wildman–Crippen LogP) is 4.53. The third kappa shape index (κ3) is 3.12. The summed E-state index contributed by atoms with van der Waals surface area (Å²) in [5, 5.41) is 12.4. The zero-order valence-corrected chi connectivity index (χ0v) is 14.9. The Morgan fingerprint density at radius 1 is 1.15 bits per heavy atom. The number of benzene rings is 2. The third-order valence-electron chi connectivity index (χ3n) is 5.58. The highest BCUT2D eigenvalue weighted by molar-refractivity contribution is 5.99. The van der Waals surface area contributed by atoms with E-state index >= 15 is 0 Å². The van der Waals surface area contributed by atoms with E-state index in [1.165, 1.54) is 12.1 Å². The molecule has 1 saturated heterocycles. The molecule has 5 heteroatoms. The molecule has 0 spiro atoms. The summed E-state index contributed by atoms with van der Waals surface area (Å²) in [6, 6.07) is 8.97. The van der Waals surface area contributed by atoms with Crippen molar-refractivity contribution < 1.29 is 13.6 Å². The van der Waals surface area contributed by atoms with Gasteiger partial charge in [0.1, 0.15) is 11.6 Å². The number of nitrogens with one attached hydrogen (secondary N) is 1. The number of carbonyl (C=O) groups excluding carboxylic acids is 1. The number of fused-ring (bicyclic) bond motifs is 3. The second-order valence-corrected chi connectivity index (χ2v) is 7.26. The number of amides is 1. The van der Waals surface area contributed by atoms with Gasteiger partial charge in [0.2, 0.25) is 5.91 Å². The van der Waals surface area contributed by atoms with Gasteiger partial charge in [0, 0.05) is 18.2 Å². The molecule has 1 aliphatic heterocycles. The van der Waals surface area contributed by atoms with Crippen LogP contribution in [0.15, 0.2) is 35.9 Å². The maximum Gasteiger partial charge on any atom is 0.247 e. The first-order valence-electron chi connectivity index (χ1n) is 8.99. The summed E-state index contributed by atoms with van der Waals surface area (Å²) in [6.07, 6.45) is 3.31. The molecule has 1 heterocycles. The highest BCUT2D eigenvalue weighted by atomic mass is 19.1. The standard InChI is InChI=1S/C22H18F2N2O/c1-12-14-2-3-26-22(27)17(6-14)7-16-4-13(11-25)5-20(21(12)16)15-8-18(23)10-19(24)9-15/h4-5,7-10,12,14H,2-3,6H2,1H3,(H,26,27). The van der Waals surface area contributed by atoms with Crippen molar-refractivity contribution in [1.82, 2.24) is 5.32 Å². The van der Waals surface area contributed by atoms with Gasteiger partial charge >= 0.3 is 0 Å². The van der Waals surface area contributed by atoms with Crippen molar-refractivity contribution in [2.75, 3.05) is 6.54 Å². The molecule has 136 valence electrons. The Morgan fingerprint density at radius 3 is 2.59 bits per heavy atom. The first-order chi connectivity index (χ1) is 13.0. The quantitative estimate of drug-likeness (QED) is 0.808. The highest BCUT2D eigenvalue weighted by Gasteiger charge is 2.32. The summed E-state index contributed by atoms with van der Waals surface area (Å²) < 4.78 is 27.7. The minimum atomic E-state index is -0.657. The molecule has 4 rings (SSSR count). The third-order valence-corrected chi connectivity index (χ3v) is 5.58. The SMILES string of the molecule is CC1c2c(cc(C#N)cc2-c2cc(F)cc(F)c2)C=C2CC1CCNC2=O. The second kappa shape index (κ2) is 6.62. The number of halogens is 2. The first kappa shape index (κ1) is 17.4. The molecule has 3 nitrogen and oxygen atoms in total. The van der Waals surface area contributed by atoms with Gasteiger partial charge in [-0.25, -0.2) is 8.78 Å². The van der Waals surface area contributed by atoms with Crippen LogP contribution in [0.3, 0.4) is 0 Å². The lowest BCUT2D eigenvalue weighted by Crippen LogP contribution is -2.23. The molecule has 0 aromatic heterocycles. The monoisotopic (exact) mass is 364 g/mol. The molecule has 27 heavy (non-hydrogen) atoms. The number of hydrogen-bond donors (Lipinski definition) is 1. The Kier molecular flexibility index (Phi) is 4.27. The zero-order chi connectivity index (χ0) is 19.1. The molecule has 2 bridgehead atoms.